The van der Waals surface area contributed by atoms with Gasteiger partial charge in [-0.05, 0) is 18.6 Å². The van der Waals surface area contributed by atoms with Crippen LogP contribution in [0, 0.1) is 0 Å². The quantitative estimate of drug-likeness (QED) is 0.800. The van der Waals surface area contributed by atoms with Crippen LogP contribution in [0.25, 0.3) is 0 Å². The van der Waals surface area contributed by atoms with Crippen molar-refractivity contribution in [2.24, 2.45) is 7.05 Å². The van der Waals surface area contributed by atoms with Crippen LogP contribution < -0.4 is 10.0 Å². The van der Waals surface area contributed by atoms with Crippen molar-refractivity contribution in [2.45, 2.75) is 24.8 Å². The van der Waals surface area contributed by atoms with E-state index in [1.807, 2.05) is 14.0 Å². The molecule has 21 heavy (non-hydrogen) atoms. The summed E-state index contributed by atoms with van der Waals surface area (Å²) in [5, 5.41) is 3.02. The van der Waals surface area contributed by atoms with Gasteiger partial charge in [0, 0.05) is 32.2 Å². The third-order valence-electron chi connectivity index (χ3n) is 2.94. The lowest BCUT2D eigenvalue weighted by atomic mass is 10.4. The average molecular weight is 309 g/mol. The van der Waals surface area contributed by atoms with Crippen molar-refractivity contribution in [2.75, 3.05) is 11.9 Å². The van der Waals surface area contributed by atoms with Crippen LogP contribution in [0.1, 0.15) is 19.2 Å². The number of imidazole rings is 1. The van der Waals surface area contributed by atoms with E-state index in [1.54, 1.807) is 29.2 Å². The van der Waals surface area contributed by atoms with E-state index in [1.165, 1.54) is 6.07 Å². The number of nitrogens with one attached hydrogen (secondary N) is 2. The van der Waals surface area contributed by atoms with Gasteiger partial charge in [-0.3, -0.25) is 0 Å². The number of anilines is 1. The van der Waals surface area contributed by atoms with Crippen molar-refractivity contribution >= 4 is 15.8 Å². The van der Waals surface area contributed by atoms with Gasteiger partial charge in [0.15, 0.2) is 0 Å². The molecule has 0 aliphatic heterocycles. The molecule has 2 aromatic rings. The first kappa shape index (κ1) is 15.5. The molecule has 0 bridgehead atoms. The Kier molecular flexibility index (Phi) is 4.92. The number of aryl methyl sites for hydroxylation is 1. The summed E-state index contributed by atoms with van der Waals surface area (Å²) in [6.07, 6.45) is 5.84. The average Bonchev–Trinajstić information content (AvgIpc) is 2.89. The number of rotatable bonds is 7. The van der Waals surface area contributed by atoms with E-state index in [-0.39, 0.29) is 11.4 Å². The second-order valence-corrected chi connectivity index (χ2v) is 6.29. The fourth-order valence-corrected chi connectivity index (χ4v) is 2.90. The van der Waals surface area contributed by atoms with Crippen molar-refractivity contribution < 1.29 is 8.42 Å². The Morgan fingerprint density at radius 3 is 2.76 bits per heavy atom. The van der Waals surface area contributed by atoms with Crippen LogP contribution in [0.3, 0.4) is 0 Å². The SMILES string of the molecule is CCCNc1ncccc1S(=O)(=O)NCc1nccn1C. The Balaban J connectivity index is 2.17. The van der Waals surface area contributed by atoms with Crippen LogP contribution in [0.5, 0.6) is 0 Å². The highest BCUT2D eigenvalue weighted by Gasteiger charge is 2.19. The van der Waals surface area contributed by atoms with Crippen molar-refractivity contribution in [3.05, 3.63) is 36.5 Å². The molecule has 2 aromatic heterocycles. The van der Waals surface area contributed by atoms with Crippen LogP contribution in [-0.4, -0.2) is 29.5 Å². The predicted molar refractivity (Wildman–Crippen MR) is 80.3 cm³/mol. The highest BCUT2D eigenvalue weighted by Crippen LogP contribution is 2.18. The third-order valence-corrected chi connectivity index (χ3v) is 4.38. The summed E-state index contributed by atoms with van der Waals surface area (Å²) in [6, 6.07) is 3.14. The zero-order valence-electron chi connectivity index (χ0n) is 12.1. The van der Waals surface area contributed by atoms with Gasteiger partial charge in [-0.2, -0.15) is 0 Å². The molecule has 0 aliphatic carbocycles. The minimum atomic E-state index is -3.64. The minimum Gasteiger partial charge on any atom is -0.369 e. The molecule has 0 fully saturated rings. The maximum atomic E-state index is 12.4. The lowest BCUT2D eigenvalue weighted by Gasteiger charge is -2.11. The predicted octanol–water partition coefficient (Wildman–Crippen LogP) is 1.12. The van der Waals surface area contributed by atoms with Gasteiger partial charge in [-0.1, -0.05) is 6.92 Å². The maximum Gasteiger partial charge on any atom is 0.244 e. The molecule has 0 saturated carbocycles. The van der Waals surface area contributed by atoms with Crippen LogP contribution in [0.2, 0.25) is 0 Å². The van der Waals surface area contributed by atoms with Crippen LogP contribution >= 0.6 is 0 Å². The maximum absolute atomic E-state index is 12.4. The lowest BCUT2D eigenvalue weighted by molar-refractivity contribution is 0.577. The molecule has 2 N–H and O–H groups in total. The number of hydrogen-bond acceptors (Lipinski definition) is 5. The Labute approximate surface area is 124 Å². The standard InChI is InChI=1S/C13H19N5O2S/c1-3-6-15-13-11(5-4-7-16-13)21(19,20)17-10-12-14-8-9-18(12)2/h4-5,7-9,17H,3,6,10H2,1-2H3,(H,15,16). The molecule has 7 nitrogen and oxygen atoms in total. The van der Waals surface area contributed by atoms with Gasteiger partial charge in [-0.25, -0.2) is 23.1 Å². The second-order valence-electron chi connectivity index (χ2n) is 4.56. The smallest absolute Gasteiger partial charge is 0.244 e. The van der Waals surface area contributed by atoms with Gasteiger partial charge in [0.2, 0.25) is 10.0 Å². The Hall–Kier alpha value is -1.93. The molecule has 2 heterocycles. The molecule has 0 spiro atoms. The molecule has 0 radical (unpaired) electrons. The molecule has 0 amide bonds. The van der Waals surface area contributed by atoms with Gasteiger partial charge in [0.25, 0.3) is 0 Å². The van der Waals surface area contributed by atoms with E-state index in [4.69, 9.17) is 0 Å². The van der Waals surface area contributed by atoms with Gasteiger partial charge < -0.3 is 9.88 Å². The number of sulfonamides is 1. The van der Waals surface area contributed by atoms with Crippen molar-refractivity contribution in [1.29, 1.82) is 0 Å². The molecule has 0 atom stereocenters. The van der Waals surface area contributed by atoms with Crippen LogP contribution in [-0.2, 0) is 23.6 Å². The normalized spacial score (nSPS) is 11.5. The van der Waals surface area contributed by atoms with E-state index in [2.05, 4.69) is 20.0 Å². The van der Waals surface area contributed by atoms with Gasteiger partial charge in [0.05, 0.1) is 6.54 Å². The number of pyridine rings is 1. The summed E-state index contributed by atoms with van der Waals surface area (Å²) in [5.41, 5.74) is 0. The molecular formula is C13H19N5O2S. The van der Waals surface area contributed by atoms with Gasteiger partial charge in [-0.15, -0.1) is 0 Å². The van der Waals surface area contributed by atoms with Crippen molar-refractivity contribution in [1.82, 2.24) is 19.3 Å². The Morgan fingerprint density at radius 1 is 1.29 bits per heavy atom. The van der Waals surface area contributed by atoms with Crippen LogP contribution in [0.15, 0.2) is 35.6 Å². The summed E-state index contributed by atoms with van der Waals surface area (Å²) in [4.78, 5) is 8.33. The first-order valence-corrected chi connectivity index (χ1v) is 8.17. The topological polar surface area (TPSA) is 88.9 Å². The van der Waals surface area contributed by atoms with Gasteiger partial charge >= 0.3 is 0 Å². The molecule has 2 rings (SSSR count). The molecule has 0 unspecified atom stereocenters. The summed E-state index contributed by atoms with van der Waals surface area (Å²) in [6.45, 7) is 2.80. The largest absolute Gasteiger partial charge is 0.369 e. The summed E-state index contributed by atoms with van der Waals surface area (Å²) >= 11 is 0. The first-order chi connectivity index (χ1) is 10.0. The van der Waals surface area contributed by atoms with Crippen molar-refractivity contribution in [3.8, 4) is 0 Å². The Bertz CT molecular complexity index is 696. The van der Waals surface area contributed by atoms with E-state index >= 15 is 0 Å². The number of aromatic nitrogens is 3. The summed E-state index contributed by atoms with van der Waals surface area (Å²) in [7, 11) is -1.83. The minimum absolute atomic E-state index is 0.133. The Morgan fingerprint density at radius 2 is 2.10 bits per heavy atom. The summed E-state index contributed by atoms with van der Waals surface area (Å²) < 4.78 is 29.1. The molecule has 0 saturated heterocycles. The number of hydrogen-bond donors (Lipinski definition) is 2. The summed E-state index contributed by atoms with van der Waals surface area (Å²) in [5.74, 6) is 1.01. The van der Waals surface area contributed by atoms with Gasteiger partial charge in [0.1, 0.15) is 16.5 Å². The van der Waals surface area contributed by atoms with Crippen molar-refractivity contribution in [3.63, 3.8) is 0 Å². The van der Waals surface area contributed by atoms with E-state index in [0.717, 1.165) is 6.42 Å². The molecule has 114 valence electrons. The number of nitrogens with zero attached hydrogens (tertiary/aromatic N) is 3. The third kappa shape index (κ3) is 3.79. The lowest BCUT2D eigenvalue weighted by Crippen LogP contribution is -2.26. The fraction of sp³-hybridized carbons (Fsp3) is 0.385. The molecular weight excluding hydrogens is 290 g/mol. The second kappa shape index (κ2) is 6.68. The van der Waals surface area contributed by atoms with E-state index < -0.39 is 10.0 Å². The zero-order valence-corrected chi connectivity index (χ0v) is 12.9. The van der Waals surface area contributed by atoms with E-state index in [9.17, 15) is 8.42 Å². The van der Waals surface area contributed by atoms with E-state index in [0.29, 0.717) is 18.2 Å². The first-order valence-electron chi connectivity index (χ1n) is 6.69. The molecule has 8 heteroatoms. The zero-order chi connectivity index (χ0) is 15.3. The molecule has 0 aliphatic rings. The highest BCUT2D eigenvalue weighted by atomic mass is 32.2. The molecule has 0 aromatic carbocycles. The highest BCUT2D eigenvalue weighted by molar-refractivity contribution is 7.89. The van der Waals surface area contributed by atoms with Crippen LogP contribution in [0.4, 0.5) is 5.82 Å². The fourth-order valence-electron chi connectivity index (χ4n) is 1.79. The monoisotopic (exact) mass is 309 g/mol.